The van der Waals surface area contributed by atoms with Crippen LogP contribution < -0.4 is 9.64 Å². The molecule has 3 fully saturated rings. The second-order valence-corrected chi connectivity index (χ2v) is 14.1. The molecular weight excluding hydrogens is 551 g/mol. The Kier molecular flexibility index (Phi) is 6.64. The van der Waals surface area contributed by atoms with Gasteiger partial charge in [0.1, 0.15) is 11.3 Å². The van der Waals surface area contributed by atoms with Crippen LogP contribution in [0.5, 0.6) is 6.01 Å². The topological polar surface area (TPSA) is 61.7 Å². The predicted molar refractivity (Wildman–Crippen MR) is 167 cm³/mol. The average molecular weight is 589 g/mol. The number of nitrogens with zero attached hydrogens (tertiary/aromatic N) is 4. The van der Waals surface area contributed by atoms with Crippen LogP contribution in [0, 0.1) is 29.5 Å². The zero-order valence-corrected chi connectivity index (χ0v) is 25.5. The van der Waals surface area contributed by atoms with Crippen LogP contribution in [-0.4, -0.2) is 66.4 Å². The minimum Gasteiger partial charge on any atom is -0.463 e. The molecule has 220 valence electrons. The molecule has 1 aromatic heterocycles. The van der Waals surface area contributed by atoms with E-state index in [2.05, 4.69) is 36.9 Å². The second-order valence-electron chi connectivity index (χ2n) is 13.7. The van der Waals surface area contributed by atoms with Crippen molar-refractivity contribution in [1.82, 2.24) is 14.9 Å². The van der Waals surface area contributed by atoms with Gasteiger partial charge < -0.3 is 19.6 Å². The van der Waals surface area contributed by atoms with Crippen molar-refractivity contribution in [3.05, 3.63) is 58.9 Å². The van der Waals surface area contributed by atoms with E-state index in [0.717, 1.165) is 60.7 Å². The predicted octanol–water partition coefficient (Wildman–Crippen LogP) is 6.87. The minimum absolute atomic E-state index is 0.0774. The molecule has 2 saturated carbocycles. The second kappa shape index (κ2) is 10.0. The number of fused-ring (bicyclic) bond motifs is 4. The van der Waals surface area contributed by atoms with E-state index in [1.54, 1.807) is 0 Å². The van der Waals surface area contributed by atoms with Crippen molar-refractivity contribution in [2.45, 2.75) is 45.6 Å². The number of hydrogen-bond donors (Lipinski definition) is 1. The van der Waals surface area contributed by atoms with Crippen LogP contribution >= 0.6 is 11.6 Å². The van der Waals surface area contributed by atoms with E-state index in [1.165, 1.54) is 0 Å². The molecule has 1 unspecified atom stereocenters. The molecule has 0 spiro atoms. The highest BCUT2D eigenvalue weighted by molar-refractivity contribution is 6.35. The molecule has 0 amide bonds. The quantitative estimate of drug-likeness (QED) is 0.254. The normalized spacial score (nSPS) is 24.6. The van der Waals surface area contributed by atoms with Crippen molar-refractivity contribution in [3.8, 4) is 17.1 Å². The Morgan fingerprint density at radius 2 is 1.93 bits per heavy atom. The summed E-state index contributed by atoms with van der Waals surface area (Å²) in [5.74, 6) is 0.502. The lowest BCUT2D eigenvalue weighted by Crippen LogP contribution is -2.45. The van der Waals surface area contributed by atoms with Crippen LogP contribution in [0.3, 0.4) is 0 Å². The molecule has 3 aliphatic rings. The Bertz CT molecular complexity index is 1710. The first-order chi connectivity index (χ1) is 20.0. The van der Waals surface area contributed by atoms with Gasteiger partial charge in [-0.2, -0.15) is 9.97 Å². The summed E-state index contributed by atoms with van der Waals surface area (Å²) in [6, 6.07) is 14.1. The van der Waals surface area contributed by atoms with Crippen molar-refractivity contribution in [2.75, 3.05) is 45.2 Å². The number of piperidine rings is 1. The van der Waals surface area contributed by atoms with E-state index < -0.39 is 5.82 Å². The van der Waals surface area contributed by atoms with Crippen molar-refractivity contribution >= 4 is 39.1 Å². The molecule has 2 bridgehead atoms. The molecule has 4 aromatic rings. The van der Waals surface area contributed by atoms with E-state index in [9.17, 15) is 5.11 Å². The van der Waals surface area contributed by atoms with Crippen LogP contribution in [0.1, 0.15) is 38.2 Å². The van der Waals surface area contributed by atoms with Gasteiger partial charge in [0.15, 0.2) is 5.82 Å². The van der Waals surface area contributed by atoms with Gasteiger partial charge in [-0.05, 0) is 80.6 Å². The molecular formula is C34H38ClFN4O2. The third-order valence-corrected chi connectivity index (χ3v) is 9.98. The highest BCUT2D eigenvalue weighted by atomic mass is 35.5. The maximum absolute atomic E-state index is 16.9. The van der Waals surface area contributed by atoms with E-state index >= 15 is 4.39 Å². The molecule has 2 aliphatic carbocycles. The largest absolute Gasteiger partial charge is 0.463 e. The number of aryl methyl sites for hydroxylation is 1. The number of hydrogen-bond acceptors (Lipinski definition) is 6. The van der Waals surface area contributed by atoms with E-state index in [4.69, 9.17) is 26.3 Å². The van der Waals surface area contributed by atoms with Crippen molar-refractivity contribution in [2.24, 2.45) is 16.7 Å². The Hall–Kier alpha value is -3.00. The van der Waals surface area contributed by atoms with Gasteiger partial charge in [0.2, 0.25) is 0 Å². The van der Waals surface area contributed by atoms with Gasteiger partial charge in [-0.3, -0.25) is 0 Å². The molecule has 7 rings (SSSR count). The van der Waals surface area contributed by atoms with Crippen LogP contribution in [0.4, 0.5) is 10.2 Å². The first-order valence-electron chi connectivity index (χ1n) is 14.9. The first-order valence-corrected chi connectivity index (χ1v) is 15.3. The summed E-state index contributed by atoms with van der Waals surface area (Å²) in [6.07, 6.45) is 3.56. The smallest absolute Gasteiger partial charge is 0.319 e. The van der Waals surface area contributed by atoms with Gasteiger partial charge >= 0.3 is 6.01 Å². The molecule has 1 N–H and O–H groups in total. The monoisotopic (exact) mass is 588 g/mol. The van der Waals surface area contributed by atoms with Crippen LogP contribution in [-0.2, 0) is 0 Å². The number of rotatable bonds is 7. The molecule has 1 aliphatic heterocycles. The van der Waals surface area contributed by atoms with Gasteiger partial charge in [0, 0.05) is 41.4 Å². The summed E-state index contributed by atoms with van der Waals surface area (Å²) in [6.45, 7) is 6.93. The number of aliphatic hydroxyl groups excluding tert-OH is 1. The summed E-state index contributed by atoms with van der Waals surface area (Å²) in [5.41, 5.74) is 2.15. The Labute approximate surface area is 251 Å². The lowest BCUT2D eigenvalue weighted by Gasteiger charge is -2.40. The maximum Gasteiger partial charge on any atom is 0.319 e. The summed E-state index contributed by atoms with van der Waals surface area (Å²) in [5, 5.41) is 13.7. The van der Waals surface area contributed by atoms with Gasteiger partial charge in [-0.25, -0.2) is 4.39 Å². The highest BCUT2D eigenvalue weighted by Crippen LogP contribution is 2.49. The molecule has 1 saturated heterocycles. The Morgan fingerprint density at radius 3 is 2.67 bits per heavy atom. The number of anilines is 1. The highest BCUT2D eigenvalue weighted by Gasteiger charge is 2.49. The molecule has 8 heteroatoms. The van der Waals surface area contributed by atoms with Gasteiger partial charge in [0.05, 0.1) is 17.7 Å². The van der Waals surface area contributed by atoms with E-state index in [0.29, 0.717) is 40.9 Å². The molecule has 6 nitrogen and oxygen atoms in total. The minimum atomic E-state index is -0.470. The standard InChI is InChI=1S/C34H38ClFN4O2/c1-20-11-22-7-5-6-8-23(22)24(12-20)28-26(35)14-25-30(29(28)36)37-32(42-19-34(9-10-34)18-39(3)4)38-31(25)40-16-21-13-27(41)33(2,15-21)17-40/h5-8,11-12,14,21,27,41H,9-10,13,15-19H2,1-4H3/t21-,27+,33?/m1/s1. The molecule has 3 atom stereocenters. The number of halogens is 2. The fraction of sp³-hybridized carbons (Fsp3) is 0.471. The zero-order valence-electron chi connectivity index (χ0n) is 24.8. The SMILES string of the molecule is Cc1cc(-c2c(Cl)cc3c(N4C[C@@H]5C[C@H](O)C(C)(C5)C4)nc(OCC4(CN(C)C)CC4)nc3c2F)c2ccccc2c1. The molecule has 2 heterocycles. The zero-order chi connectivity index (χ0) is 29.4. The van der Waals surface area contributed by atoms with Gasteiger partial charge in [-0.1, -0.05) is 54.9 Å². The fourth-order valence-electron chi connectivity index (χ4n) is 7.55. The first kappa shape index (κ1) is 27.8. The molecule has 42 heavy (non-hydrogen) atoms. The Balaban J connectivity index is 1.38. The summed E-state index contributed by atoms with van der Waals surface area (Å²) in [7, 11) is 4.14. The van der Waals surface area contributed by atoms with Gasteiger partial charge in [-0.15, -0.1) is 0 Å². The van der Waals surface area contributed by atoms with Crippen molar-refractivity contribution in [1.29, 1.82) is 0 Å². The summed E-state index contributed by atoms with van der Waals surface area (Å²) < 4.78 is 23.2. The van der Waals surface area contributed by atoms with Crippen LogP contribution in [0.15, 0.2) is 42.5 Å². The number of ether oxygens (including phenoxy) is 1. The summed E-state index contributed by atoms with van der Waals surface area (Å²) in [4.78, 5) is 14.0. The third-order valence-electron chi connectivity index (χ3n) is 9.68. The lowest BCUT2D eigenvalue weighted by atomic mass is 9.82. The Morgan fingerprint density at radius 1 is 1.14 bits per heavy atom. The third kappa shape index (κ3) is 4.80. The van der Waals surface area contributed by atoms with Crippen LogP contribution in [0.25, 0.3) is 32.8 Å². The molecule has 3 aromatic carbocycles. The van der Waals surface area contributed by atoms with E-state index in [1.807, 2.05) is 43.3 Å². The van der Waals surface area contributed by atoms with Crippen LogP contribution in [0.2, 0.25) is 5.02 Å². The van der Waals surface area contributed by atoms with Crippen molar-refractivity contribution in [3.63, 3.8) is 0 Å². The molecule has 0 radical (unpaired) electrons. The van der Waals surface area contributed by atoms with Gasteiger partial charge in [0.25, 0.3) is 0 Å². The fourth-order valence-corrected chi connectivity index (χ4v) is 7.85. The average Bonchev–Trinajstić information content (AvgIpc) is 3.65. The lowest BCUT2D eigenvalue weighted by molar-refractivity contribution is 0.0712. The number of benzene rings is 3. The maximum atomic E-state index is 16.9. The summed E-state index contributed by atoms with van der Waals surface area (Å²) >= 11 is 6.95. The van der Waals surface area contributed by atoms with Crippen molar-refractivity contribution < 1.29 is 14.2 Å². The van der Waals surface area contributed by atoms with E-state index in [-0.39, 0.29) is 28.5 Å². The number of aliphatic hydroxyl groups is 1. The number of aromatic nitrogens is 2.